The first-order chi connectivity index (χ1) is 19.7. The summed E-state index contributed by atoms with van der Waals surface area (Å²) in [5.74, 6) is -0.0912. The quantitative estimate of drug-likeness (QED) is 0.267. The number of rotatable bonds is 7. The van der Waals surface area contributed by atoms with Crippen molar-refractivity contribution in [1.29, 1.82) is 0 Å². The molecule has 6 heteroatoms. The summed E-state index contributed by atoms with van der Waals surface area (Å²) in [5.41, 5.74) is 3.20. The van der Waals surface area contributed by atoms with Gasteiger partial charge in [0.05, 0.1) is 19.3 Å². The highest BCUT2D eigenvalue weighted by Gasteiger charge is 2.35. The van der Waals surface area contributed by atoms with E-state index in [9.17, 15) is 9.59 Å². The smallest absolute Gasteiger partial charge is 0.410 e. The third kappa shape index (κ3) is 7.53. The zero-order valence-electron chi connectivity index (χ0n) is 24.0. The van der Waals surface area contributed by atoms with Crippen LogP contribution in [0.2, 0.25) is 0 Å². The molecule has 1 aliphatic rings. The molecule has 2 unspecified atom stereocenters. The maximum atomic E-state index is 13.0. The Labute approximate surface area is 242 Å². The van der Waals surface area contributed by atoms with Crippen molar-refractivity contribution in [2.24, 2.45) is 0 Å². The van der Waals surface area contributed by atoms with Crippen molar-refractivity contribution in [2.45, 2.75) is 58.0 Å². The molecule has 0 radical (unpaired) electrons. The summed E-state index contributed by atoms with van der Waals surface area (Å²) in [6.07, 6.45) is 0.117. The van der Waals surface area contributed by atoms with Crippen molar-refractivity contribution in [2.75, 3.05) is 13.1 Å². The van der Waals surface area contributed by atoms with Gasteiger partial charge < -0.3 is 19.7 Å². The van der Waals surface area contributed by atoms with Gasteiger partial charge in [-0.25, -0.2) is 4.79 Å². The molecule has 41 heavy (non-hydrogen) atoms. The minimum Gasteiger partial charge on any atom is -0.444 e. The van der Waals surface area contributed by atoms with Gasteiger partial charge in [-0.2, -0.15) is 0 Å². The van der Waals surface area contributed by atoms with E-state index < -0.39 is 5.60 Å². The number of hydrogen-bond donors (Lipinski definition) is 1. The summed E-state index contributed by atoms with van der Waals surface area (Å²) in [6, 6.07) is 32.2. The number of carbonyl (C=O) groups excluding carboxylic acids is 2. The Balaban J connectivity index is 1.33. The number of amides is 2. The molecule has 4 aromatic carbocycles. The molecule has 0 spiro atoms. The second kappa shape index (κ2) is 12.6. The Morgan fingerprint density at radius 2 is 1.61 bits per heavy atom. The Hall–Kier alpha value is -4.16. The molecule has 1 aliphatic heterocycles. The number of fused-ring (bicyclic) bond motifs is 1. The lowest BCUT2D eigenvalue weighted by molar-refractivity contribution is -0.0359. The lowest BCUT2D eigenvalue weighted by Crippen LogP contribution is -2.48. The number of ether oxygens (including phenoxy) is 2. The van der Waals surface area contributed by atoms with Crippen LogP contribution < -0.4 is 5.32 Å². The topological polar surface area (TPSA) is 67.9 Å². The van der Waals surface area contributed by atoms with Crippen molar-refractivity contribution < 1.29 is 19.1 Å². The van der Waals surface area contributed by atoms with Gasteiger partial charge >= 0.3 is 6.09 Å². The van der Waals surface area contributed by atoms with Gasteiger partial charge in [0.25, 0.3) is 5.91 Å². The molecule has 0 saturated carbocycles. The molecular formula is C35H38N2O4. The predicted octanol–water partition coefficient (Wildman–Crippen LogP) is 7.08. The third-order valence-electron chi connectivity index (χ3n) is 7.36. The van der Waals surface area contributed by atoms with E-state index in [1.807, 2.05) is 87.5 Å². The summed E-state index contributed by atoms with van der Waals surface area (Å²) < 4.78 is 12.2. The SMILES string of the molecule is CC(C)(C)OC(=O)N1CCC(c2cccc(C(=O)NCc3ccccc3)c2)C(OCc2ccc3ccccc3c2)C1. The predicted molar refractivity (Wildman–Crippen MR) is 162 cm³/mol. The Kier molecular flexibility index (Phi) is 8.70. The highest BCUT2D eigenvalue weighted by Crippen LogP contribution is 2.32. The lowest BCUT2D eigenvalue weighted by Gasteiger charge is -2.39. The first kappa shape index (κ1) is 28.4. The highest BCUT2D eigenvalue weighted by molar-refractivity contribution is 5.94. The van der Waals surface area contributed by atoms with E-state index in [1.165, 1.54) is 10.8 Å². The number of hydrogen-bond acceptors (Lipinski definition) is 4. The molecule has 5 rings (SSSR count). The number of carbonyl (C=O) groups is 2. The molecule has 1 N–H and O–H groups in total. The van der Waals surface area contributed by atoms with Crippen LogP contribution in [0.1, 0.15) is 60.2 Å². The van der Waals surface area contributed by atoms with Crippen LogP contribution in [0.5, 0.6) is 0 Å². The second-order valence-electron chi connectivity index (χ2n) is 11.6. The van der Waals surface area contributed by atoms with E-state index in [0.717, 1.165) is 16.7 Å². The third-order valence-corrected chi connectivity index (χ3v) is 7.36. The second-order valence-corrected chi connectivity index (χ2v) is 11.6. The zero-order chi connectivity index (χ0) is 28.8. The summed E-state index contributed by atoms with van der Waals surface area (Å²) in [4.78, 5) is 27.7. The van der Waals surface area contributed by atoms with Crippen LogP contribution >= 0.6 is 0 Å². The first-order valence-electron chi connectivity index (χ1n) is 14.2. The minimum absolute atomic E-state index is 0.0241. The Bertz CT molecular complexity index is 1500. The van der Waals surface area contributed by atoms with Gasteiger partial charge in [0.1, 0.15) is 5.60 Å². The molecule has 212 valence electrons. The Morgan fingerprint density at radius 1 is 0.854 bits per heavy atom. The molecule has 1 fully saturated rings. The van der Waals surface area contributed by atoms with Gasteiger partial charge in [0.15, 0.2) is 0 Å². The fraction of sp³-hybridized carbons (Fsp3) is 0.314. The molecule has 4 aromatic rings. The van der Waals surface area contributed by atoms with E-state index in [-0.39, 0.29) is 24.0 Å². The molecular weight excluding hydrogens is 512 g/mol. The van der Waals surface area contributed by atoms with Gasteiger partial charge in [-0.15, -0.1) is 0 Å². The number of nitrogens with zero attached hydrogens (tertiary/aromatic N) is 1. The van der Waals surface area contributed by atoms with E-state index in [1.54, 1.807) is 4.90 Å². The van der Waals surface area contributed by atoms with Gasteiger partial charge in [-0.05, 0) is 72.9 Å². The maximum Gasteiger partial charge on any atom is 0.410 e. The Morgan fingerprint density at radius 3 is 2.39 bits per heavy atom. The van der Waals surface area contributed by atoms with Crippen LogP contribution in [0, 0.1) is 0 Å². The number of likely N-dealkylation sites (tertiary alicyclic amines) is 1. The number of benzene rings is 4. The summed E-state index contributed by atoms with van der Waals surface area (Å²) in [6.45, 7) is 7.48. The van der Waals surface area contributed by atoms with Gasteiger partial charge in [0, 0.05) is 24.6 Å². The molecule has 1 heterocycles. The van der Waals surface area contributed by atoms with E-state index in [4.69, 9.17) is 9.47 Å². The van der Waals surface area contributed by atoms with Crippen LogP contribution in [-0.2, 0) is 22.6 Å². The number of nitrogens with one attached hydrogen (secondary N) is 1. The van der Waals surface area contributed by atoms with Gasteiger partial charge in [-0.1, -0.05) is 78.9 Å². The molecule has 1 saturated heterocycles. The average Bonchev–Trinajstić information content (AvgIpc) is 2.98. The van der Waals surface area contributed by atoms with E-state index >= 15 is 0 Å². The monoisotopic (exact) mass is 550 g/mol. The van der Waals surface area contributed by atoms with Crippen LogP contribution in [-0.4, -0.2) is 41.7 Å². The van der Waals surface area contributed by atoms with Gasteiger partial charge in [0.2, 0.25) is 0 Å². The van der Waals surface area contributed by atoms with Crippen molar-refractivity contribution in [3.05, 3.63) is 119 Å². The standard InChI is InChI=1S/C35H38N2O4/c1-35(2,3)41-34(39)37-19-18-31(32(23-37)40-24-26-16-17-27-12-7-8-13-28(27)20-26)29-14-9-15-30(21-29)33(38)36-22-25-10-5-4-6-11-25/h4-17,20-21,31-32H,18-19,22-24H2,1-3H3,(H,36,38). The van der Waals surface area contributed by atoms with Gasteiger partial charge in [-0.3, -0.25) is 4.79 Å². The van der Waals surface area contributed by atoms with E-state index in [0.29, 0.717) is 38.2 Å². The average molecular weight is 551 g/mol. The molecule has 2 amide bonds. The van der Waals surface area contributed by atoms with Crippen molar-refractivity contribution in [1.82, 2.24) is 10.2 Å². The summed E-state index contributed by atoms with van der Waals surface area (Å²) >= 11 is 0. The highest BCUT2D eigenvalue weighted by atomic mass is 16.6. The van der Waals surface area contributed by atoms with Crippen molar-refractivity contribution >= 4 is 22.8 Å². The molecule has 0 aliphatic carbocycles. The van der Waals surface area contributed by atoms with Crippen LogP contribution in [0.25, 0.3) is 10.8 Å². The zero-order valence-corrected chi connectivity index (χ0v) is 24.0. The van der Waals surface area contributed by atoms with Crippen LogP contribution in [0.15, 0.2) is 97.1 Å². The van der Waals surface area contributed by atoms with Crippen LogP contribution in [0.3, 0.4) is 0 Å². The lowest BCUT2D eigenvalue weighted by atomic mass is 9.86. The fourth-order valence-electron chi connectivity index (χ4n) is 5.28. The fourth-order valence-corrected chi connectivity index (χ4v) is 5.28. The largest absolute Gasteiger partial charge is 0.444 e. The molecule has 0 aromatic heterocycles. The first-order valence-corrected chi connectivity index (χ1v) is 14.2. The molecule has 2 atom stereocenters. The number of piperidine rings is 1. The van der Waals surface area contributed by atoms with E-state index in [2.05, 4.69) is 35.6 Å². The summed E-state index contributed by atoms with van der Waals surface area (Å²) in [5, 5.41) is 5.37. The summed E-state index contributed by atoms with van der Waals surface area (Å²) in [7, 11) is 0. The molecule has 0 bridgehead atoms. The van der Waals surface area contributed by atoms with Crippen LogP contribution in [0.4, 0.5) is 4.79 Å². The molecule has 6 nitrogen and oxygen atoms in total. The van der Waals surface area contributed by atoms with Crippen molar-refractivity contribution in [3.8, 4) is 0 Å². The normalized spacial score (nSPS) is 17.3. The van der Waals surface area contributed by atoms with Crippen molar-refractivity contribution in [3.63, 3.8) is 0 Å². The minimum atomic E-state index is -0.573. The maximum absolute atomic E-state index is 13.0.